The van der Waals surface area contributed by atoms with Crippen LogP contribution in [0.4, 0.5) is 5.69 Å². The van der Waals surface area contributed by atoms with Crippen LogP contribution in [0, 0.1) is 6.92 Å². The van der Waals surface area contributed by atoms with Crippen LogP contribution in [0.25, 0.3) is 5.69 Å². The molecule has 0 atom stereocenters. The van der Waals surface area contributed by atoms with E-state index in [-0.39, 0.29) is 5.91 Å². The van der Waals surface area contributed by atoms with Gasteiger partial charge in [0.15, 0.2) is 5.82 Å². The SMILES string of the molecule is Cc1ccc(C(=O)Nc2ccc(SCc3nnnn3-c3ccccc3)cc2)cc1. The molecule has 0 bridgehead atoms. The molecule has 0 unspecified atom stereocenters. The van der Waals surface area contributed by atoms with Crippen LogP contribution in [0.15, 0.2) is 83.8 Å². The smallest absolute Gasteiger partial charge is 0.255 e. The Morgan fingerprint density at radius 2 is 1.69 bits per heavy atom. The number of aryl methyl sites for hydroxylation is 1. The summed E-state index contributed by atoms with van der Waals surface area (Å²) in [6.45, 7) is 2.00. The molecule has 3 aromatic carbocycles. The van der Waals surface area contributed by atoms with E-state index in [9.17, 15) is 4.79 Å². The molecule has 1 N–H and O–H groups in total. The predicted molar refractivity (Wildman–Crippen MR) is 114 cm³/mol. The lowest BCUT2D eigenvalue weighted by Gasteiger charge is -2.07. The van der Waals surface area contributed by atoms with E-state index in [4.69, 9.17) is 0 Å². The fraction of sp³-hybridized carbons (Fsp3) is 0.0909. The first-order chi connectivity index (χ1) is 14.2. The number of rotatable bonds is 6. The van der Waals surface area contributed by atoms with Gasteiger partial charge in [0.2, 0.25) is 0 Å². The number of carbonyl (C=O) groups excluding carboxylic acids is 1. The number of tetrazole rings is 1. The third kappa shape index (κ3) is 4.70. The number of amides is 1. The zero-order chi connectivity index (χ0) is 20.1. The Morgan fingerprint density at radius 1 is 0.966 bits per heavy atom. The molecule has 29 heavy (non-hydrogen) atoms. The van der Waals surface area contributed by atoms with Crippen molar-refractivity contribution in [3.05, 3.63) is 95.8 Å². The number of hydrogen-bond acceptors (Lipinski definition) is 5. The summed E-state index contributed by atoms with van der Waals surface area (Å²) in [7, 11) is 0. The summed E-state index contributed by atoms with van der Waals surface area (Å²) in [6, 6.07) is 25.1. The fourth-order valence-electron chi connectivity index (χ4n) is 2.76. The number of anilines is 1. The average molecular weight is 401 g/mol. The molecular weight excluding hydrogens is 382 g/mol. The molecule has 1 amide bonds. The summed E-state index contributed by atoms with van der Waals surface area (Å²) in [6.07, 6.45) is 0. The van der Waals surface area contributed by atoms with Crippen LogP contribution in [0.3, 0.4) is 0 Å². The van der Waals surface area contributed by atoms with Gasteiger partial charge in [-0.3, -0.25) is 4.79 Å². The zero-order valence-corrected chi connectivity index (χ0v) is 16.6. The van der Waals surface area contributed by atoms with E-state index in [1.807, 2.05) is 85.8 Å². The number of aromatic nitrogens is 4. The van der Waals surface area contributed by atoms with Crippen molar-refractivity contribution in [3.63, 3.8) is 0 Å². The van der Waals surface area contributed by atoms with Crippen LogP contribution in [-0.2, 0) is 5.75 Å². The average Bonchev–Trinajstić information content (AvgIpc) is 3.23. The van der Waals surface area contributed by atoms with Gasteiger partial charge in [0, 0.05) is 16.1 Å². The molecule has 0 aliphatic heterocycles. The number of thioether (sulfide) groups is 1. The maximum absolute atomic E-state index is 12.3. The minimum Gasteiger partial charge on any atom is -0.322 e. The third-order valence-electron chi connectivity index (χ3n) is 4.33. The molecule has 7 heteroatoms. The van der Waals surface area contributed by atoms with E-state index in [0.717, 1.165) is 27.7 Å². The maximum Gasteiger partial charge on any atom is 0.255 e. The summed E-state index contributed by atoms with van der Waals surface area (Å²) in [4.78, 5) is 13.4. The van der Waals surface area contributed by atoms with Crippen LogP contribution < -0.4 is 5.32 Å². The van der Waals surface area contributed by atoms with Crippen molar-refractivity contribution < 1.29 is 4.79 Å². The fourth-order valence-corrected chi connectivity index (χ4v) is 3.56. The quantitative estimate of drug-likeness (QED) is 0.481. The highest BCUT2D eigenvalue weighted by Crippen LogP contribution is 2.24. The zero-order valence-electron chi connectivity index (χ0n) is 15.8. The van der Waals surface area contributed by atoms with Gasteiger partial charge in [-0.25, -0.2) is 0 Å². The van der Waals surface area contributed by atoms with Crippen molar-refractivity contribution in [1.82, 2.24) is 20.2 Å². The lowest BCUT2D eigenvalue weighted by molar-refractivity contribution is 0.102. The Hall–Kier alpha value is -3.45. The molecule has 0 saturated heterocycles. The summed E-state index contributed by atoms with van der Waals surface area (Å²) in [5.74, 6) is 1.29. The van der Waals surface area contributed by atoms with E-state index in [1.54, 1.807) is 16.4 Å². The lowest BCUT2D eigenvalue weighted by atomic mass is 10.1. The van der Waals surface area contributed by atoms with Crippen molar-refractivity contribution in [1.29, 1.82) is 0 Å². The van der Waals surface area contributed by atoms with Crippen LogP contribution in [0.5, 0.6) is 0 Å². The Morgan fingerprint density at radius 3 is 2.41 bits per heavy atom. The van der Waals surface area contributed by atoms with Crippen LogP contribution in [-0.4, -0.2) is 26.1 Å². The molecule has 144 valence electrons. The van der Waals surface area contributed by atoms with Gasteiger partial charge in [-0.05, 0) is 65.9 Å². The second kappa shape index (κ2) is 8.70. The van der Waals surface area contributed by atoms with Crippen molar-refractivity contribution in [2.75, 3.05) is 5.32 Å². The van der Waals surface area contributed by atoms with Crippen molar-refractivity contribution in [2.45, 2.75) is 17.6 Å². The van der Waals surface area contributed by atoms with E-state index in [2.05, 4.69) is 20.8 Å². The third-order valence-corrected chi connectivity index (χ3v) is 5.34. The van der Waals surface area contributed by atoms with Gasteiger partial charge >= 0.3 is 0 Å². The molecule has 0 radical (unpaired) electrons. The first-order valence-corrected chi connectivity index (χ1v) is 10.1. The molecule has 4 aromatic rings. The van der Waals surface area contributed by atoms with Gasteiger partial charge in [0.25, 0.3) is 5.91 Å². The molecule has 0 fully saturated rings. The van der Waals surface area contributed by atoms with Crippen molar-refractivity contribution in [2.24, 2.45) is 0 Å². The highest BCUT2D eigenvalue weighted by Gasteiger charge is 2.09. The molecule has 1 heterocycles. The van der Waals surface area contributed by atoms with E-state index in [1.165, 1.54) is 0 Å². The van der Waals surface area contributed by atoms with Gasteiger partial charge in [-0.1, -0.05) is 35.9 Å². The van der Waals surface area contributed by atoms with E-state index < -0.39 is 0 Å². The Labute approximate surface area is 173 Å². The molecule has 0 aliphatic carbocycles. The lowest BCUT2D eigenvalue weighted by Crippen LogP contribution is -2.11. The second-order valence-electron chi connectivity index (χ2n) is 6.48. The molecule has 0 saturated carbocycles. The first kappa shape index (κ1) is 18.9. The number of carbonyl (C=O) groups is 1. The second-order valence-corrected chi connectivity index (χ2v) is 7.52. The topological polar surface area (TPSA) is 72.7 Å². The molecule has 0 spiro atoms. The number of nitrogens with one attached hydrogen (secondary N) is 1. The minimum atomic E-state index is -0.118. The van der Waals surface area contributed by atoms with E-state index >= 15 is 0 Å². The Kier molecular flexibility index (Phi) is 5.67. The normalized spacial score (nSPS) is 10.7. The maximum atomic E-state index is 12.3. The number of para-hydroxylation sites is 1. The number of hydrogen-bond donors (Lipinski definition) is 1. The highest BCUT2D eigenvalue weighted by molar-refractivity contribution is 7.98. The van der Waals surface area contributed by atoms with Gasteiger partial charge in [-0.15, -0.1) is 16.9 Å². The van der Waals surface area contributed by atoms with Crippen molar-refractivity contribution >= 4 is 23.4 Å². The molecule has 4 rings (SSSR count). The molecule has 6 nitrogen and oxygen atoms in total. The standard InChI is InChI=1S/C22H19N5OS/c1-16-7-9-17(10-8-16)22(28)23-18-11-13-20(14-12-18)29-15-21-24-25-26-27(21)19-5-3-2-4-6-19/h2-14H,15H2,1H3,(H,23,28). The Bertz CT molecular complexity index is 1090. The summed E-state index contributed by atoms with van der Waals surface area (Å²) in [5.41, 5.74) is 3.46. The van der Waals surface area contributed by atoms with Gasteiger partial charge in [0.1, 0.15) is 0 Å². The minimum absolute atomic E-state index is 0.118. The highest BCUT2D eigenvalue weighted by atomic mass is 32.2. The van der Waals surface area contributed by atoms with Crippen LogP contribution in [0.1, 0.15) is 21.7 Å². The summed E-state index contributed by atoms with van der Waals surface area (Å²) >= 11 is 1.64. The molecular formula is C22H19N5OS. The molecule has 1 aromatic heterocycles. The predicted octanol–water partition coefficient (Wildman–Crippen LogP) is 4.52. The van der Waals surface area contributed by atoms with Crippen LogP contribution in [0.2, 0.25) is 0 Å². The van der Waals surface area contributed by atoms with Crippen molar-refractivity contribution in [3.8, 4) is 5.69 Å². The number of benzene rings is 3. The summed E-state index contributed by atoms with van der Waals surface area (Å²) in [5, 5.41) is 14.9. The van der Waals surface area contributed by atoms with Gasteiger partial charge in [0.05, 0.1) is 11.4 Å². The largest absolute Gasteiger partial charge is 0.322 e. The number of nitrogens with zero attached hydrogens (tertiary/aromatic N) is 4. The van der Waals surface area contributed by atoms with E-state index in [0.29, 0.717) is 11.3 Å². The van der Waals surface area contributed by atoms with Gasteiger partial charge < -0.3 is 5.32 Å². The summed E-state index contributed by atoms with van der Waals surface area (Å²) < 4.78 is 1.74. The molecule has 0 aliphatic rings. The monoisotopic (exact) mass is 401 g/mol. The Balaban J connectivity index is 1.38. The van der Waals surface area contributed by atoms with Gasteiger partial charge in [-0.2, -0.15) is 4.68 Å². The van der Waals surface area contributed by atoms with Crippen LogP contribution >= 0.6 is 11.8 Å². The first-order valence-electron chi connectivity index (χ1n) is 9.12.